The minimum absolute atomic E-state index is 0.0843. The van der Waals surface area contributed by atoms with Crippen LogP contribution in [0, 0.1) is 5.82 Å². The average Bonchev–Trinajstić information content (AvgIpc) is 3.59. The third-order valence-electron chi connectivity index (χ3n) is 7.98. The fraction of sp³-hybridized carbons (Fsp3) is 0.226. The van der Waals surface area contributed by atoms with Crippen molar-refractivity contribution >= 4 is 57.5 Å². The fourth-order valence-corrected chi connectivity index (χ4v) is 6.46. The topological polar surface area (TPSA) is 106 Å². The summed E-state index contributed by atoms with van der Waals surface area (Å²) in [6.07, 6.45) is 6.33. The summed E-state index contributed by atoms with van der Waals surface area (Å²) in [5.41, 5.74) is 3.33. The molecule has 0 radical (unpaired) electrons. The number of halogens is 3. The van der Waals surface area contributed by atoms with Gasteiger partial charge in [-0.3, -0.25) is 14.2 Å². The molecule has 0 atom stereocenters. The zero-order chi connectivity index (χ0) is 29.7. The van der Waals surface area contributed by atoms with E-state index in [2.05, 4.69) is 11.7 Å². The number of aliphatic carboxylic acids is 1. The van der Waals surface area contributed by atoms with Gasteiger partial charge in [-0.25, -0.2) is 9.18 Å². The van der Waals surface area contributed by atoms with Gasteiger partial charge in [-0.1, -0.05) is 47.1 Å². The van der Waals surface area contributed by atoms with Crippen LogP contribution in [-0.4, -0.2) is 50.6 Å². The van der Waals surface area contributed by atoms with Crippen molar-refractivity contribution in [2.24, 2.45) is 0 Å². The summed E-state index contributed by atoms with van der Waals surface area (Å²) in [6, 6.07) is 7.80. The molecule has 1 aliphatic heterocycles. The lowest BCUT2D eigenvalue weighted by molar-refractivity contribution is -0.131. The molecule has 2 aromatic heterocycles. The van der Waals surface area contributed by atoms with Crippen LogP contribution >= 0.6 is 23.2 Å². The van der Waals surface area contributed by atoms with Gasteiger partial charge in [-0.15, -0.1) is 0 Å². The first-order valence-electron chi connectivity index (χ1n) is 13.3. The largest absolute Gasteiger partial charge is 0.478 e. The Kier molecular flexibility index (Phi) is 7.24. The summed E-state index contributed by atoms with van der Waals surface area (Å²) in [6.45, 7) is 4.43. The fourth-order valence-electron chi connectivity index (χ4n) is 5.98. The normalized spacial score (nSPS) is 16.3. The number of aromatic nitrogens is 2. The number of nitrogens with zero attached hydrogens (tertiary/aromatic N) is 3. The van der Waals surface area contributed by atoms with Crippen LogP contribution in [0.5, 0.6) is 0 Å². The van der Waals surface area contributed by atoms with Crippen LogP contribution in [0.25, 0.3) is 27.7 Å². The second-order valence-electron chi connectivity index (χ2n) is 10.4. The van der Waals surface area contributed by atoms with Crippen LogP contribution in [0.3, 0.4) is 0 Å². The third kappa shape index (κ3) is 4.72. The highest BCUT2D eigenvalue weighted by Gasteiger charge is 2.35. The first-order valence-corrected chi connectivity index (χ1v) is 14.1. The van der Waals surface area contributed by atoms with Crippen LogP contribution < -0.4 is 0 Å². The number of allylic oxidation sites excluding steroid dienone is 1. The minimum Gasteiger partial charge on any atom is -0.478 e. The van der Waals surface area contributed by atoms with E-state index < -0.39 is 17.7 Å². The lowest BCUT2D eigenvalue weighted by atomic mass is 9.88. The minimum atomic E-state index is -1.03. The van der Waals surface area contributed by atoms with Crippen molar-refractivity contribution in [1.29, 1.82) is 0 Å². The quantitative estimate of drug-likeness (QED) is 0.199. The number of carboxylic acids is 1. The first-order chi connectivity index (χ1) is 20.2. The Morgan fingerprint density at radius 1 is 1.10 bits per heavy atom. The monoisotopic (exact) mass is 607 g/mol. The summed E-state index contributed by atoms with van der Waals surface area (Å²) in [7, 11) is 0. The zero-order valence-electron chi connectivity index (χ0n) is 22.2. The molecule has 42 heavy (non-hydrogen) atoms. The van der Waals surface area contributed by atoms with Gasteiger partial charge in [0.15, 0.2) is 5.76 Å². The molecule has 4 aromatic rings. The predicted molar refractivity (Wildman–Crippen MR) is 156 cm³/mol. The highest BCUT2D eigenvalue weighted by molar-refractivity contribution is 6.36. The highest BCUT2D eigenvalue weighted by atomic mass is 35.5. The third-order valence-corrected chi connectivity index (χ3v) is 8.59. The van der Waals surface area contributed by atoms with Crippen molar-refractivity contribution < 1.29 is 28.4 Å². The van der Waals surface area contributed by atoms with Crippen LogP contribution in [-0.2, 0) is 16.0 Å². The lowest BCUT2D eigenvalue weighted by Gasteiger charge is -2.30. The number of carbonyl (C=O) groups excluding carboxylic acids is 2. The van der Waals surface area contributed by atoms with Crippen LogP contribution in [0.15, 0.2) is 59.8 Å². The van der Waals surface area contributed by atoms with Gasteiger partial charge < -0.3 is 14.5 Å². The van der Waals surface area contributed by atoms with Crippen LogP contribution in [0.2, 0.25) is 10.0 Å². The van der Waals surface area contributed by atoms with Crippen LogP contribution in [0.1, 0.15) is 52.4 Å². The Morgan fingerprint density at radius 3 is 2.57 bits per heavy atom. The van der Waals surface area contributed by atoms with E-state index >= 15 is 0 Å². The van der Waals surface area contributed by atoms with E-state index in [4.69, 9.17) is 27.7 Å². The van der Waals surface area contributed by atoms with Crippen molar-refractivity contribution in [3.8, 4) is 11.3 Å². The number of likely N-dealkylation sites (tertiary alicyclic amines) is 1. The maximum atomic E-state index is 14.6. The number of benzene rings is 2. The molecule has 8 nitrogen and oxygen atoms in total. The Balaban J connectivity index is 1.50. The Morgan fingerprint density at radius 2 is 1.86 bits per heavy atom. The van der Waals surface area contributed by atoms with E-state index in [9.17, 15) is 23.9 Å². The number of carbonyl (C=O) groups is 3. The van der Waals surface area contributed by atoms with E-state index in [1.54, 1.807) is 23.2 Å². The highest BCUT2D eigenvalue weighted by Crippen LogP contribution is 2.42. The lowest BCUT2D eigenvalue weighted by Crippen LogP contribution is -2.37. The molecule has 11 heteroatoms. The van der Waals surface area contributed by atoms with Crippen molar-refractivity contribution in [2.75, 3.05) is 13.1 Å². The van der Waals surface area contributed by atoms with Gasteiger partial charge in [0.05, 0.1) is 15.6 Å². The number of hydrogen-bond acceptors (Lipinski definition) is 5. The molecule has 2 aliphatic rings. The average molecular weight is 608 g/mol. The van der Waals surface area contributed by atoms with Gasteiger partial charge in [0, 0.05) is 42.2 Å². The molecule has 0 bridgehead atoms. The molecule has 1 aliphatic carbocycles. The Bertz CT molecular complexity index is 1830. The summed E-state index contributed by atoms with van der Waals surface area (Å²) in [4.78, 5) is 39.8. The molecule has 214 valence electrons. The number of carboxylic acid groups (broad SMARTS) is 1. The van der Waals surface area contributed by atoms with Crippen molar-refractivity contribution in [3.63, 3.8) is 0 Å². The van der Waals surface area contributed by atoms with Gasteiger partial charge in [0.2, 0.25) is 5.91 Å². The standard InChI is InChI=1S/C31H24Cl2FN3O5/c1-2-25(38)36-10-8-16(9-11-36)30-28(29(35-42-30)20-13-23(34)22(33)14-21(20)32)31(41)37-15-18-7-6-17(12-26(39)40)19-4-3-5-24(37)27(18)19/h2-5,12-16H,1,6-11H2,(H,39,40)/b17-12+. The van der Waals surface area contributed by atoms with Gasteiger partial charge in [0.25, 0.3) is 5.91 Å². The first kappa shape index (κ1) is 27.9. The van der Waals surface area contributed by atoms with Gasteiger partial charge >= 0.3 is 5.97 Å². The molecule has 0 spiro atoms. The summed E-state index contributed by atoms with van der Waals surface area (Å²) < 4.78 is 22.0. The molecular formula is C31H24Cl2FN3O5. The van der Waals surface area contributed by atoms with Gasteiger partial charge in [-0.05, 0) is 66.7 Å². The summed E-state index contributed by atoms with van der Waals surface area (Å²) in [5, 5.41) is 14.3. The summed E-state index contributed by atoms with van der Waals surface area (Å²) in [5.74, 6) is -2.29. The number of rotatable bonds is 5. The number of aryl methyl sites for hydroxylation is 1. The van der Waals surface area contributed by atoms with E-state index in [0.717, 1.165) is 22.6 Å². The van der Waals surface area contributed by atoms with Gasteiger partial charge in [-0.2, -0.15) is 0 Å². The van der Waals surface area contributed by atoms with E-state index in [1.807, 2.05) is 6.07 Å². The molecule has 0 saturated carbocycles. The van der Waals surface area contributed by atoms with E-state index in [1.165, 1.54) is 22.8 Å². The molecule has 1 amide bonds. The SMILES string of the molecule is C=CC(=O)N1CCC(c2onc(-c3cc(F)c(Cl)cc3Cl)c2C(=O)n2cc3c4c(cccc42)/C(=C/C(=O)O)CC3)CC1. The smallest absolute Gasteiger partial charge is 0.328 e. The molecule has 1 fully saturated rings. The molecular weight excluding hydrogens is 584 g/mol. The zero-order valence-corrected chi connectivity index (χ0v) is 23.7. The summed E-state index contributed by atoms with van der Waals surface area (Å²) >= 11 is 12.4. The van der Waals surface area contributed by atoms with Gasteiger partial charge in [0.1, 0.15) is 17.1 Å². The second kappa shape index (κ2) is 10.9. The molecule has 2 aromatic carbocycles. The molecule has 3 heterocycles. The molecule has 0 unspecified atom stereocenters. The second-order valence-corrected chi connectivity index (χ2v) is 11.2. The van der Waals surface area contributed by atoms with E-state index in [-0.39, 0.29) is 38.7 Å². The number of hydrogen-bond donors (Lipinski definition) is 1. The molecule has 1 saturated heterocycles. The Labute approximate surface area is 249 Å². The number of piperidine rings is 1. The molecule has 1 N–H and O–H groups in total. The maximum Gasteiger partial charge on any atom is 0.328 e. The predicted octanol–water partition coefficient (Wildman–Crippen LogP) is 6.74. The Hall–Kier alpha value is -4.21. The van der Waals surface area contributed by atoms with Crippen LogP contribution in [0.4, 0.5) is 4.39 Å². The molecule has 6 rings (SSSR count). The van der Waals surface area contributed by atoms with Crippen molar-refractivity contribution in [2.45, 2.75) is 31.6 Å². The van der Waals surface area contributed by atoms with Crippen molar-refractivity contribution in [3.05, 3.63) is 93.6 Å². The van der Waals surface area contributed by atoms with Crippen molar-refractivity contribution in [1.82, 2.24) is 14.6 Å². The maximum absolute atomic E-state index is 14.6. The number of amides is 1. The van der Waals surface area contributed by atoms with E-state index in [0.29, 0.717) is 55.6 Å².